The molecule has 0 amide bonds. The number of fused-ring (bicyclic) bond motifs is 9. The lowest BCUT2D eigenvalue weighted by Gasteiger charge is -2.30. The Morgan fingerprint density at radius 1 is 0.455 bits per heavy atom. The van der Waals surface area contributed by atoms with Crippen molar-refractivity contribution in [1.29, 1.82) is 0 Å². The summed E-state index contributed by atoms with van der Waals surface area (Å²) in [6.45, 7) is 0. The van der Waals surface area contributed by atoms with E-state index in [2.05, 4.69) is 130 Å². The number of aromatic nitrogens is 3. The predicted molar refractivity (Wildman–Crippen MR) is 228 cm³/mol. The first-order chi connectivity index (χ1) is 27.3. The van der Waals surface area contributed by atoms with E-state index < -0.39 is 0 Å². The Bertz CT molecular complexity index is 2830. The zero-order valence-electron chi connectivity index (χ0n) is 31.3. The SMILES string of the molecule is c1ccc(-n2c3ccccc3c3ccc(Oc4ccc5c6ccccc6n6c(-c7c(C8CCCCC8)cccc7C7CCCCC7)ccc6c5c4)cc32)nc1. The summed E-state index contributed by atoms with van der Waals surface area (Å²) in [5, 5.41) is 6.11. The van der Waals surface area contributed by atoms with Gasteiger partial charge in [-0.2, -0.15) is 0 Å². The summed E-state index contributed by atoms with van der Waals surface area (Å²) in [6.07, 6.45) is 15.1. The Morgan fingerprint density at radius 3 is 1.76 bits per heavy atom. The minimum Gasteiger partial charge on any atom is -0.457 e. The van der Waals surface area contributed by atoms with Crippen LogP contribution in [-0.2, 0) is 0 Å². The summed E-state index contributed by atoms with van der Waals surface area (Å²) >= 11 is 0. The third-order valence-corrected chi connectivity index (χ3v) is 12.8. The molecule has 11 rings (SSSR count). The maximum Gasteiger partial charge on any atom is 0.137 e. The van der Waals surface area contributed by atoms with Crippen LogP contribution in [0.3, 0.4) is 0 Å². The van der Waals surface area contributed by atoms with Crippen LogP contribution < -0.4 is 4.74 Å². The molecule has 4 heterocycles. The molecule has 0 spiro atoms. The molecule has 2 aliphatic carbocycles. The van der Waals surface area contributed by atoms with Crippen LogP contribution in [0.25, 0.3) is 66.1 Å². The smallest absolute Gasteiger partial charge is 0.137 e. The number of pyridine rings is 2. The first-order valence-electron chi connectivity index (χ1n) is 20.5. The highest BCUT2D eigenvalue weighted by molar-refractivity contribution is 6.14. The van der Waals surface area contributed by atoms with Crippen LogP contribution in [0.4, 0.5) is 0 Å². The van der Waals surface area contributed by atoms with Gasteiger partial charge >= 0.3 is 0 Å². The van der Waals surface area contributed by atoms with Crippen molar-refractivity contribution < 1.29 is 4.74 Å². The van der Waals surface area contributed by atoms with Crippen LogP contribution in [0, 0.1) is 0 Å². The van der Waals surface area contributed by atoms with Crippen LogP contribution >= 0.6 is 0 Å². The number of nitrogens with zero attached hydrogens (tertiary/aromatic N) is 3. The van der Waals surface area contributed by atoms with E-state index >= 15 is 0 Å². The fraction of sp³-hybridized carbons (Fsp3) is 0.235. The molecule has 2 aliphatic rings. The van der Waals surface area contributed by atoms with E-state index in [0.717, 1.165) is 28.4 Å². The molecule has 0 N–H and O–H groups in total. The second kappa shape index (κ2) is 13.5. The Labute approximate surface area is 322 Å². The quantitative estimate of drug-likeness (QED) is 0.161. The fourth-order valence-corrected chi connectivity index (χ4v) is 10.3. The van der Waals surface area contributed by atoms with Gasteiger partial charge in [-0.15, -0.1) is 0 Å². The fourth-order valence-electron chi connectivity index (χ4n) is 10.3. The van der Waals surface area contributed by atoms with Crippen LogP contribution in [0.5, 0.6) is 11.5 Å². The van der Waals surface area contributed by atoms with E-state index in [9.17, 15) is 0 Å². The topological polar surface area (TPSA) is 31.5 Å². The molecule has 5 aromatic carbocycles. The van der Waals surface area contributed by atoms with Crippen molar-refractivity contribution in [1.82, 2.24) is 14.0 Å². The first-order valence-corrected chi connectivity index (χ1v) is 20.5. The van der Waals surface area contributed by atoms with E-state index in [1.54, 1.807) is 11.1 Å². The molecule has 0 aliphatic heterocycles. The zero-order valence-corrected chi connectivity index (χ0v) is 31.3. The molecule has 0 radical (unpaired) electrons. The average molecular weight is 716 g/mol. The minimum absolute atomic E-state index is 0.623. The van der Waals surface area contributed by atoms with Crippen molar-refractivity contribution in [3.8, 4) is 28.6 Å². The Morgan fingerprint density at radius 2 is 1.05 bits per heavy atom. The van der Waals surface area contributed by atoms with Crippen LogP contribution in [0.1, 0.15) is 87.2 Å². The number of hydrogen-bond donors (Lipinski definition) is 0. The average Bonchev–Trinajstić information content (AvgIpc) is 3.84. The highest BCUT2D eigenvalue weighted by Gasteiger charge is 2.27. The summed E-state index contributed by atoms with van der Waals surface area (Å²) in [7, 11) is 0. The van der Waals surface area contributed by atoms with Gasteiger partial charge in [-0.05, 0) is 121 Å². The lowest BCUT2D eigenvalue weighted by atomic mass is 9.76. The van der Waals surface area contributed by atoms with Gasteiger partial charge in [0, 0.05) is 39.4 Å². The van der Waals surface area contributed by atoms with Crippen molar-refractivity contribution in [3.05, 3.63) is 151 Å². The summed E-state index contributed by atoms with van der Waals surface area (Å²) in [5.41, 5.74) is 10.7. The van der Waals surface area contributed by atoms with E-state index in [1.807, 2.05) is 18.3 Å². The van der Waals surface area contributed by atoms with Crippen molar-refractivity contribution in [2.24, 2.45) is 0 Å². The van der Waals surface area contributed by atoms with Crippen LogP contribution in [0.2, 0.25) is 0 Å². The highest BCUT2D eigenvalue weighted by atomic mass is 16.5. The molecule has 4 heteroatoms. The van der Waals surface area contributed by atoms with Crippen LogP contribution in [-0.4, -0.2) is 14.0 Å². The summed E-state index contributed by atoms with van der Waals surface area (Å²) in [4.78, 5) is 4.73. The lowest BCUT2D eigenvalue weighted by Crippen LogP contribution is -2.12. The van der Waals surface area contributed by atoms with E-state index in [-0.39, 0.29) is 0 Å². The number of hydrogen-bond acceptors (Lipinski definition) is 2. The van der Waals surface area contributed by atoms with E-state index in [4.69, 9.17) is 9.72 Å². The van der Waals surface area contributed by atoms with Crippen molar-refractivity contribution >= 4 is 49.0 Å². The third kappa shape index (κ3) is 5.45. The standard InChI is InChI=1S/C51H45N3O/c1-3-14-34(15-4-1)38-20-13-21-39(35-16-5-2-6-17-35)51(38)48-30-29-47-44-32-36(25-27-40(44)41-18-7-9-22-45(41)53(47)48)55-37-26-28-43-42-19-8-10-23-46(42)54(49(43)33-37)50-24-11-12-31-52-50/h7-13,18-35H,1-6,14-17H2. The summed E-state index contributed by atoms with van der Waals surface area (Å²) in [5.74, 6) is 3.78. The van der Waals surface area contributed by atoms with Gasteiger partial charge in [0.15, 0.2) is 0 Å². The third-order valence-electron chi connectivity index (χ3n) is 12.8. The Kier molecular flexibility index (Phi) is 7.96. The van der Waals surface area contributed by atoms with Crippen molar-refractivity contribution in [3.63, 3.8) is 0 Å². The second-order valence-electron chi connectivity index (χ2n) is 16.0. The molecular formula is C51H45N3O. The molecule has 0 bridgehead atoms. The lowest BCUT2D eigenvalue weighted by molar-refractivity contribution is 0.436. The van der Waals surface area contributed by atoms with Crippen molar-refractivity contribution in [2.75, 3.05) is 0 Å². The molecule has 0 atom stereocenters. The van der Waals surface area contributed by atoms with Gasteiger partial charge < -0.3 is 9.14 Å². The molecular weight excluding hydrogens is 671 g/mol. The van der Waals surface area contributed by atoms with Gasteiger partial charge in [-0.3, -0.25) is 4.57 Å². The summed E-state index contributed by atoms with van der Waals surface area (Å²) < 4.78 is 11.6. The number of para-hydroxylation sites is 2. The minimum atomic E-state index is 0.623. The van der Waals surface area contributed by atoms with Gasteiger partial charge in [0.2, 0.25) is 0 Å². The van der Waals surface area contributed by atoms with Crippen molar-refractivity contribution in [2.45, 2.75) is 76.0 Å². The van der Waals surface area contributed by atoms with Gasteiger partial charge in [0.25, 0.3) is 0 Å². The van der Waals surface area contributed by atoms with E-state index in [0.29, 0.717) is 11.8 Å². The van der Waals surface area contributed by atoms with Gasteiger partial charge in [-0.1, -0.05) is 99.2 Å². The number of rotatable bonds is 6. The Balaban J connectivity index is 1.08. The molecule has 55 heavy (non-hydrogen) atoms. The second-order valence-corrected chi connectivity index (χ2v) is 16.0. The van der Waals surface area contributed by atoms with Gasteiger partial charge in [0.05, 0.1) is 27.8 Å². The molecule has 4 aromatic heterocycles. The molecule has 0 unspecified atom stereocenters. The predicted octanol–water partition coefficient (Wildman–Crippen LogP) is 14.3. The molecule has 270 valence electrons. The maximum atomic E-state index is 6.79. The molecule has 0 saturated heterocycles. The molecule has 2 saturated carbocycles. The zero-order chi connectivity index (χ0) is 36.3. The number of benzene rings is 5. The number of ether oxygens (including phenoxy) is 1. The first kappa shape index (κ1) is 32.6. The molecule has 4 nitrogen and oxygen atoms in total. The summed E-state index contributed by atoms with van der Waals surface area (Å²) in [6, 6.07) is 48.8. The van der Waals surface area contributed by atoms with E-state index in [1.165, 1.54) is 113 Å². The van der Waals surface area contributed by atoms with Crippen LogP contribution in [0.15, 0.2) is 140 Å². The molecule has 9 aromatic rings. The highest BCUT2D eigenvalue weighted by Crippen LogP contribution is 2.47. The van der Waals surface area contributed by atoms with Gasteiger partial charge in [0.1, 0.15) is 17.3 Å². The van der Waals surface area contributed by atoms with Gasteiger partial charge in [-0.25, -0.2) is 4.98 Å². The maximum absolute atomic E-state index is 6.79. The Hall–Kier alpha value is -5.87. The normalized spacial score (nSPS) is 15.9. The largest absolute Gasteiger partial charge is 0.457 e. The monoisotopic (exact) mass is 715 g/mol. The molecule has 2 fully saturated rings.